The molecule has 22 heavy (non-hydrogen) atoms. The third-order valence-corrected chi connectivity index (χ3v) is 2.66. The number of carbonyl (C=O) groups is 2. The number of carbonyl (C=O) groups excluding carboxylic acids is 2. The van der Waals surface area contributed by atoms with E-state index in [1.54, 1.807) is 7.05 Å². The predicted octanol–water partition coefficient (Wildman–Crippen LogP) is 1.21. The Labute approximate surface area is 133 Å². The Morgan fingerprint density at radius 2 is 1.73 bits per heavy atom. The van der Waals surface area contributed by atoms with Crippen LogP contribution in [0.15, 0.2) is 5.10 Å². The molecule has 7 heteroatoms. The molecule has 0 heterocycles. The van der Waals surface area contributed by atoms with Gasteiger partial charge in [0.1, 0.15) is 5.71 Å². The van der Waals surface area contributed by atoms with Crippen LogP contribution < -0.4 is 21.4 Å². The number of nitrogens with one attached hydrogen (secondary N) is 4. The molecule has 0 spiro atoms. The lowest BCUT2D eigenvalue weighted by atomic mass is 10.1. The SMILES string of the molecule is CC.CN/N=C(\CNC(=O)NC(C)(C)C)C(=O)NCC1CC1. The maximum absolute atomic E-state index is 11.9. The van der Waals surface area contributed by atoms with Crippen molar-refractivity contribution < 1.29 is 9.59 Å². The fourth-order valence-corrected chi connectivity index (χ4v) is 1.52. The number of hydrazone groups is 1. The van der Waals surface area contributed by atoms with E-state index in [0.717, 1.165) is 0 Å². The molecular formula is C15H31N5O2. The van der Waals surface area contributed by atoms with Crippen molar-refractivity contribution in [2.24, 2.45) is 11.0 Å². The van der Waals surface area contributed by atoms with E-state index in [1.807, 2.05) is 34.6 Å². The van der Waals surface area contributed by atoms with Crippen LogP contribution in [0, 0.1) is 5.92 Å². The minimum absolute atomic E-state index is 0.0826. The predicted molar refractivity (Wildman–Crippen MR) is 89.9 cm³/mol. The van der Waals surface area contributed by atoms with Crippen LogP contribution in [0.4, 0.5) is 4.79 Å². The first-order chi connectivity index (χ1) is 10.3. The lowest BCUT2D eigenvalue weighted by Crippen LogP contribution is -2.49. The molecule has 0 aromatic heterocycles. The molecule has 0 bridgehead atoms. The van der Waals surface area contributed by atoms with Crippen molar-refractivity contribution in [2.45, 2.75) is 53.0 Å². The first-order valence-corrected chi connectivity index (χ1v) is 7.89. The zero-order chi connectivity index (χ0) is 17.2. The summed E-state index contributed by atoms with van der Waals surface area (Å²) in [5, 5.41) is 12.1. The van der Waals surface area contributed by atoms with Gasteiger partial charge in [-0.3, -0.25) is 4.79 Å². The summed E-state index contributed by atoms with van der Waals surface area (Å²) in [6.07, 6.45) is 2.34. The Bertz CT molecular complexity index is 384. The molecule has 1 rings (SSSR count). The van der Waals surface area contributed by atoms with Crippen molar-refractivity contribution in [2.75, 3.05) is 20.1 Å². The van der Waals surface area contributed by atoms with Crippen molar-refractivity contribution in [1.29, 1.82) is 0 Å². The van der Waals surface area contributed by atoms with Crippen LogP contribution in [0.2, 0.25) is 0 Å². The van der Waals surface area contributed by atoms with E-state index < -0.39 is 0 Å². The average Bonchev–Trinajstić information content (AvgIpc) is 3.25. The number of nitrogens with zero attached hydrogens (tertiary/aromatic N) is 1. The van der Waals surface area contributed by atoms with E-state index in [9.17, 15) is 9.59 Å². The molecule has 1 aliphatic rings. The van der Waals surface area contributed by atoms with E-state index in [1.165, 1.54) is 12.8 Å². The fourth-order valence-electron chi connectivity index (χ4n) is 1.52. The Morgan fingerprint density at radius 1 is 1.14 bits per heavy atom. The molecule has 3 amide bonds. The van der Waals surface area contributed by atoms with Crippen molar-refractivity contribution in [3.8, 4) is 0 Å². The Kier molecular flexibility index (Phi) is 9.21. The van der Waals surface area contributed by atoms with Crippen molar-refractivity contribution >= 4 is 17.6 Å². The van der Waals surface area contributed by atoms with Crippen LogP contribution in [-0.2, 0) is 4.79 Å². The molecule has 0 unspecified atom stereocenters. The van der Waals surface area contributed by atoms with Gasteiger partial charge in [-0.25, -0.2) is 4.79 Å². The second kappa shape index (κ2) is 10.0. The molecule has 0 saturated heterocycles. The number of rotatable bonds is 6. The molecule has 0 radical (unpaired) electrons. The van der Waals surface area contributed by atoms with Gasteiger partial charge in [0.15, 0.2) is 0 Å². The highest BCUT2D eigenvalue weighted by atomic mass is 16.2. The van der Waals surface area contributed by atoms with Crippen LogP contribution in [0.5, 0.6) is 0 Å². The lowest BCUT2D eigenvalue weighted by Gasteiger charge is -2.20. The topological polar surface area (TPSA) is 94.6 Å². The monoisotopic (exact) mass is 313 g/mol. The summed E-state index contributed by atoms with van der Waals surface area (Å²) < 4.78 is 0. The van der Waals surface area contributed by atoms with Crippen LogP contribution in [0.25, 0.3) is 0 Å². The molecule has 0 atom stereocenters. The van der Waals surface area contributed by atoms with Gasteiger partial charge in [-0.15, -0.1) is 0 Å². The molecular weight excluding hydrogens is 282 g/mol. The van der Waals surface area contributed by atoms with Crippen LogP contribution >= 0.6 is 0 Å². The third kappa shape index (κ3) is 10.0. The number of amides is 3. The van der Waals surface area contributed by atoms with E-state index in [2.05, 4.69) is 26.5 Å². The molecule has 0 aliphatic heterocycles. The summed E-state index contributed by atoms with van der Waals surface area (Å²) in [5.74, 6) is 0.356. The summed E-state index contributed by atoms with van der Waals surface area (Å²) in [6.45, 7) is 10.4. The van der Waals surface area contributed by atoms with E-state index in [0.29, 0.717) is 12.5 Å². The highest BCUT2D eigenvalue weighted by molar-refractivity contribution is 6.39. The number of hydrogen-bond acceptors (Lipinski definition) is 4. The van der Waals surface area contributed by atoms with Gasteiger partial charge in [0.05, 0.1) is 6.54 Å². The van der Waals surface area contributed by atoms with Gasteiger partial charge in [-0.05, 0) is 39.5 Å². The van der Waals surface area contributed by atoms with Crippen molar-refractivity contribution in [3.63, 3.8) is 0 Å². The van der Waals surface area contributed by atoms with Crippen LogP contribution in [0.1, 0.15) is 47.5 Å². The van der Waals surface area contributed by atoms with Gasteiger partial charge in [0, 0.05) is 19.1 Å². The van der Waals surface area contributed by atoms with Crippen LogP contribution in [0.3, 0.4) is 0 Å². The second-order valence-electron chi connectivity index (χ2n) is 5.99. The number of hydrogen-bond donors (Lipinski definition) is 4. The van der Waals surface area contributed by atoms with Gasteiger partial charge >= 0.3 is 6.03 Å². The largest absolute Gasteiger partial charge is 0.351 e. The molecule has 7 nitrogen and oxygen atoms in total. The van der Waals surface area contributed by atoms with Gasteiger partial charge in [0.25, 0.3) is 5.91 Å². The average molecular weight is 313 g/mol. The lowest BCUT2D eigenvalue weighted by molar-refractivity contribution is -0.114. The van der Waals surface area contributed by atoms with E-state index in [4.69, 9.17) is 0 Å². The standard InChI is InChI=1S/C13H25N5O2.C2H6/c1-13(2,3)17-12(20)16-8-10(18-14-4)11(19)15-7-9-5-6-9;1-2/h9,14H,5-8H2,1-4H3,(H,15,19)(H2,16,17,20);1-2H3/b18-10+;. The second-order valence-corrected chi connectivity index (χ2v) is 5.99. The van der Waals surface area contributed by atoms with Gasteiger partial charge in [0.2, 0.25) is 0 Å². The minimum Gasteiger partial charge on any atom is -0.351 e. The maximum Gasteiger partial charge on any atom is 0.315 e. The Morgan fingerprint density at radius 3 is 2.18 bits per heavy atom. The maximum atomic E-state index is 11.9. The van der Waals surface area contributed by atoms with Gasteiger partial charge in [-0.2, -0.15) is 5.10 Å². The quantitative estimate of drug-likeness (QED) is 0.438. The normalized spacial score (nSPS) is 14.4. The van der Waals surface area contributed by atoms with Crippen molar-refractivity contribution in [1.82, 2.24) is 21.4 Å². The molecule has 4 N–H and O–H groups in total. The molecule has 0 aromatic rings. The highest BCUT2D eigenvalue weighted by Crippen LogP contribution is 2.27. The van der Waals surface area contributed by atoms with Crippen molar-refractivity contribution in [3.05, 3.63) is 0 Å². The third-order valence-electron chi connectivity index (χ3n) is 2.66. The molecule has 1 aliphatic carbocycles. The van der Waals surface area contributed by atoms with Crippen LogP contribution in [-0.4, -0.2) is 43.3 Å². The molecule has 128 valence electrons. The summed E-state index contributed by atoms with van der Waals surface area (Å²) in [6, 6.07) is -0.323. The van der Waals surface area contributed by atoms with Gasteiger partial charge < -0.3 is 21.4 Å². The fraction of sp³-hybridized carbons (Fsp3) is 0.800. The molecule has 1 fully saturated rings. The first kappa shape index (κ1) is 20.2. The van der Waals surface area contributed by atoms with E-state index in [-0.39, 0.29) is 29.7 Å². The molecule has 1 saturated carbocycles. The molecule has 0 aromatic carbocycles. The zero-order valence-corrected chi connectivity index (χ0v) is 14.7. The summed E-state index contributed by atoms with van der Waals surface area (Å²) >= 11 is 0. The first-order valence-electron chi connectivity index (χ1n) is 7.89. The Hall–Kier alpha value is -1.79. The van der Waals surface area contributed by atoms with E-state index >= 15 is 0 Å². The summed E-state index contributed by atoms with van der Waals surface area (Å²) in [4.78, 5) is 23.5. The smallest absolute Gasteiger partial charge is 0.315 e. The highest BCUT2D eigenvalue weighted by Gasteiger charge is 2.23. The summed E-state index contributed by atoms with van der Waals surface area (Å²) in [5.41, 5.74) is 2.52. The minimum atomic E-state index is -0.323. The van der Waals surface area contributed by atoms with Gasteiger partial charge in [-0.1, -0.05) is 13.8 Å². The summed E-state index contributed by atoms with van der Waals surface area (Å²) in [7, 11) is 1.61. The number of urea groups is 1. The Balaban J connectivity index is 0.00000211. The zero-order valence-electron chi connectivity index (χ0n) is 14.7.